The number of amides is 1. The zero-order valence-corrected chi connectivity index (χ0v) is 8.78. The smallest absolute Gasteiger partial charge is 0.259 e. The van der Waals surface area contributed by atoms with Crippen molar-refractivity contribution >= 4 is 22.4 Å². The van der Waals surface area contributed by atoms with Gasteiger partial charge in [0.05, 0.1) is 5.56 Å². The zero-order chi connectivity index (χ0) is 10.7. The highest BCUT2D eigenvalue weighted by molar-refractivity contribution is 7.15. The van der Waals surface area contributed by atoms with Crippen LogP contribution in [-0.2, 0) is 0 Å². The van der Waals surface area contributed by atoms with Crippen molar-refractivity contribution in [2.75, 3.05) is 5.32 Å². The first-order valence-electron chi connectivity index (χ1n) is 4.27. The molecule has 1 amide bonds. The number of nitrogens with one attached hydrogen (secondary N) is 1. The average molecular weight is 220 g/mol. The van der Waals surface area contributed by atoms with Gasteiger partial charge in [-0.25, -0.2) is 0 Å². The summed E-state index contributed by atoms with van der Waals surface area (Å²) >= 11 is 1.34. The van der Waals surface area contributed by atoms with E-state index in [0.29, 0.717) is 10.7 Å². The van der Waals surface area contributed by atoms with Crippen LogP contribution in [0.25, 0.3) is 0 Å². The molecule has 76 valence electrons. The van der Waals surface area contributed by atoms with E-state index in [9.17, 15) is 4.79 Å². The molecule has 0 aromatic carbocycles. The summed E-state index contributed by atoms with van der Waals surface area (Å²) in [5.74, 6) is -0.223. The predicted molar refractivity (Wildman–Crippen MR) is 56.8 cm³/mol. The number of carbonyl (C=O) groups is 1. The number of anilines is 1. The molecular formula is C9H8N4OS. The molecule has 0 saturated carbocycles. The van der Waals surface area contributed by atoms with E-state index in [2.05, 4.69) is 20.5 Å². The predicted octanol–water partition coefficient (Wildman–Crippen LogP) is 1.49. The zero-order valence-electron chi connectivity index (χ0n) is 7.97. The first-order chi connectivity index (χ1) is 7.25. The third-order valence-corrected chi connectivity index (χ3v) is 2.42. The number of hydrogen-bond acceptors (Lipinski definition) is 5. The second-order valence-electron chi connectivity index (χ2n) is 2.82. The van der Waals surface area contributed by atoms with Gasteiger partial charge >= 0.3 is 0 Å². The molecule has 15 heavy (non-hydrogen) atoms. The molecule has 0 bridgehead atoms. The van der Waals surface area contributed by atoms with Crippen molar-refractivity contribution in [1.82, 2.24) is 15.2 Å². The fraction of sp³-hybridized carbons (Fsp3) is 0.111. The molecule has 2 rings (SSSR count). The topological polar surface area (TPSA) is 67.8 Å². The van der Waals surface area contributed by atoms with Crippen LogP contribution in [0.15, 0.2) is 24.5 Å². The van der Waals surface area contributed by atoms with Gasteiger partial charge < -0.3 is 0 Å². The minimum absolute atomic E-state index is 0.223. The van der Waals surface area contributed by atoms with Crippen LogP contribution in [-0.4, -0.2) is 21.1 Å². The minimum Gasteiger partial charge on any atom is -0.296 e. The third-order valence-electron chi connectivity index (χ3n) is 1.67. The van der Waals surface area contributed by atoms with Gasteiger partial charge in [-0.3, -0.25) is 15.1 Å². The molecule has 2 aromatic heterocycles. The van der Waals surface area contributed by atoms with Gasteiger partial charge in [0.25, 0.3) is 5.91 Å². The van der Waals surface area contributed by atoms with Crippen LogP contribution in [0.2, 0.25) is 0 Å². The summed E-state index contributed by atoms with van der Waals surface area (Å²) in [6, 6.07) is 3.40. The SMILES string of the molecule is Cc1nnc(NC(=O)c2cccnc2)s1. The molecular weight excluding hydrogens is 212 g/mol. The van der Waals surface area contributed by atoms with Crippen LogP contribution in [0.4, 0.5) is 5.13 Å². The lowest BCUT2D eigenvalue weighted by atomic mass is 10.3. The fourth-order valence-electron chi connectivity index (χ4n) is 1.01. The van der Waals surface area contributed by atoms with E-state index in [0.717, 1.165) is 5.01 Å². The Morgan fingerprint density at radius 3 is 2.93 bits per heavy atom. The van der Waals surface area contributed by atoms with Crippen molar-refractivity contribution < 1.29 is 4.79 Å². The van der Waals surface area contributed by atoms with Gasteiger partial charge in [0.2, 0.25) is 5.13 Å². The first kappa shape index (κ1) is 9.72. The van der Waals surface area contributed by atoms with E-state index < -0.39 is 0 Å². The van der Waals surface area contributed by atoms with Gasteiger partial charge in [0, 0.05) is 12.4 Å². The van der Waals surface area contributed by atoms with E-state index in [1.54, 1.807) is 18.3 Å². The monoisotopic (exact) mass is 220 g/mol. The van der Waals surface area contributed by atoms with Gasteiger partial charge in [-0.1, -0.05) is 11.3 Å². The number of pyridine rings is 1. The molecule has 2 heterocycles. The van der Waals surface area contributed by atoms with Gasteiger partial charge in [0.1, 0.15) is 5.01 Å². The number of nitrogens with zero attached hydrogens (tertiary/aromatic N) is 3. The van der Waals surface area contributed by atoms with Crippen molar-refractivity contribution in [3.05, 3.63) is 35.1 Å². The fourth-order valence-corrected chi connectivity index (χ4v) is 1.60. The number of carbonyl (C=O) groups excluding carboxylic acids is 1. The lowest BCUT2D eigenvalue weighted by Crippen LogP contribution is -2.11. The summed E-state index contributed by atoms with van der Waals surface area (Å²) in [7, 11) is 0. The normalized spacial score (nSPS) is 9.93. The van der Waals surface area contributed by atoms with Gasteiger partial charge in [-0.15, -0.1) is 10.2 Å². The van der Waals surface area contributed by atoms with Crippen LogP contribution in [0, 0.1) is 6.92 Å². The van der Waals surface area contributed by atoms with Crippen LogP contribution in [0.1, 0.15) is 15.4 Å². The average Bonchev–Trinajstić information content (AvgIpc) is 2.65. The van der Waals surface area contributed by atoms with Gasteiger partial charge in [0.15, 0.2) is 0 Å². The number of hydrogen-bond donors (Lipinski definition) is 1. The molecule has 0 atom stereocenters. The molecule has 2 aromatic rings. The Morgan fingerprint density at radius 1 is 1.47 bits per heavy atom. The van der Waals surface area contributed by atoms with E-state index in [4.69, 9.17) is 0 Å². The number of rotatable bonds is 2. The molecule has 0 radical (unpaired) electrons. The van der Waals surface area contributed by atoms with Gasteiger partial charge in [-0.2, -0.15) is 0 Å². The molecule has 1 N–H and O–H groups in total. The maximum atomic E-state index is 11.6. The van der Waals surface area contributed by atoms with E-state index >= 15 is 0 Å². The van der Waals surface area contributed by atoms with Crippen LogP contribution < -0.4 is 5.32 Å². The Kier molecular flexibility index (Phi) is 2.68. The second-order valence-corrected chi connectivity index (χ2v) is 4.00. The summed E-state index contributed by atoms with van der Waals surface area (Å²) < 4.78 is 0. The van der Waals surface area contributed by atoms with Crippen molar-refractivity contribution in [3.8, 4) is 0 Å². The van der Waals surface area contributed by atoms with Crippen LogP contribution >= 0.6 is 11.3 Å². The highest BCUT2D eigenvalue weighted by Gasteiger charge is 2.08. The number of aromatic nitrogens is 3. The second kappa shape index (κ2) is 4.14. The molecule has 0 aliphatic carbocycles. The quantitative estimate of drug-likeness (QED) is 0.832. The van der Waals surface area contributed by atoms with E-state index in [1.165, 1.54) is 17.5 Å². The first-order valence-corrected chi connectivity index (χ1v) is 5.09. The summed E-state index contributed by atoms with van der Waals surface area (Å²) in [6.07, 6.45) is 3.12. The highest BCUT2D eigenvalue weighted by atomic mass is 32.1. The highest BCUT2D eigenvalue weighted by Crippen LogP contribution is 2.14. The summed E-state index contributed by atoms with van der Waals surface area (Å²) in [5, 5.41) is 11.6. The molecule has 6 heteroatoms. The molecule has 0 fully saturated rings. The van der Waals surface area contributed by atoms with Crippen LogP contribution in [0.3, 0.4) is 0 Å². The molecule has 0 unspecified atom stereocenters. The molecule has 0 aliphatic heterocycles. The Balaban J connectivity index is 2.11. The Hall–Kier alpha value is -1.82. The van der Waals surface area contributed by atoms with Gasteiger partial charge in [-0.05, 0) is 19.1 Å². The van der Waals surface area contributed by atoms with Crippen molar-refractivity contribution in [2.45, 2.75) is 6.92 Å². The van der Waals surface area contributed by atoms with E-state index in [1.807, 2.05) is 6.92 Å². The molecule has 0 aliphatic rings. The Bertz CT molecular complexity index is 468. The standard InChI is InChI=1S/C9H8N4OS/c1-6-12-13-9(15-6)11-8(14)7-3-2-4-10-5-7/h2-5H,1H3,(H,11,13,14). The lowest BCUT2D eigenvalue weighted by Gasteiger charge is -1.98. The largest absolute Gasteiger partial charge is 0.296 e. The third kappa shape index (κ3) is 2.35. The lowest BCUT2D eigenvalue weighted by molar-refractivity contribution is 0.102. The summed E-state index contributed by atoms with van der Waals surface area (Å²) in [6.45, 7) is 1.83. The Labute approximate surface area is 90.2 Å². The molecule has 5 nitrogen and oxygen atoms in total. The van der Waals surface area contributed by atoms with Crippen molar-refractivity contribution in [1.29, 1.82) is 0 Å². The minimum atomic E-state index is -0.223. The molecule has 0 spiro atoms. The Morgan fingerprint density at radius 2 is 2.33 bits per heavy atom. The number of aryl methyl sites for hydroxylation is 1. The van der Waals surface area contributed by atoms with E-state index in [-0.39, 0.29) is 5.91 Å². The maximum absolute atomic E-state index is 11.6. The molecule has 0 saturated heterocycles. The van der Waals surface area contributed by atoms with Crippen molar-refractivity contribution in [3.63, 3.8) is 0 Å². The summed E-state index contributed by atoms with van der Waals surface area (Å²) in [5.41, 5.74) is 0.505. The maximum Gasteiger partial charge on any atom is 0.259 e. The summed E-state index contributed by atoms with van der Waals surface area (Å²) in [4.78, 5) is 15.5. The van der Waals surface area contributed by atoms with Crippen molar-refractivity contribution in [2.24, 2.45) is 0 Å². The van der Waals surface area contributed by atoms with Crippen LogP contribution in [0.5, 0.6) is 0 Å².